The average molecular weight is 292 g/mol. The van der Waals surface area contributed by atoms with Crippen LogP contribution in [0.3, 0.4) is 0 Å². The van der Waals surface area contributed by atoms with Crippen molar-refractivity contribution in [2.24, 2.45) is 4.99 Å². The zero-order chi connectivity index (χ0) is 13.1. The largest absolute Gasteiger partial charge is 0.342 e. The summed E-state index contributed by atoms with van der Waals surface area (Å²) in [6.07, 6.45) is 2.30. The molecule has 0 spiro atoms. The summed E-state index contributed by atoms with van der Waals surface area (Å²) in [4.78, 5) is 18.6. The zero-order valence-electron chi connectivity index (χ0n) is 10.7. The zero-order valence-corrected chi connectivity index (χ0v) is 12.3. The topological polar surface area (TPSA) is 32.7 Å². The van der Waals surface area contributed by atoms with Crippen molar-refractivity contribution in [3.05, 3.63) is 29.8 Å². The molecule has 5 heteroatoms. The van der Waals surface area contributed by atoms with E-state index in [0.29, 0.717) is 5.75 Å². The predicted octanol–water partition coefficient (Wildman–Crippen LogP) is 3.28. The van der Waals surface area contributed by atoms with Crippen molar-refractivity contribution in [1.82, 2.24) is 4.90 Å². The second-order valence-corrected chi connectivity index (χ2v) is 6.86. The van der Waals surface area contributed by atoms with Crippen LogP contribution in [0.1, 0.15) is 18.4 Å². The van der Waals surface area contributed by atoms with Crippen LogP contribution >= 0.6 is 23.5 Å². The van der Waals surface area contributed by atoms with Gasteiger partial charge >= 0.3 is 0 Å². The van der Waals surface area contributed by atoms with Crippen LogP contribution in [-0.4, -0.2) is 34.0 Å². The highest BCUT2D eigenvalue weighted by Crippen LogP contribution is 2.34. The van der Waals surface area contributed by atoms with Crippen molar-refractivity contribution in [2.75, 3.05) is 18.8 Å². The number of hydrogen-bond acceptors (Lipinski definition) is 4. The highest BCUT2D eigenvalue weighted by molar-refractivity contribution is 8.38. The van der Waals surface area contributed by atoms with Crippen molar-refractivity contribution in [3.8, 4) is 0 Å². The first-order chi connectivity index (χ1) is 9.33. The Hall–Kier alpha value is -0.940. The van der Waals surface area contributed by atoms with Gasteiger partial charge in [0.25, 0.3) is 0 Å². The predicted molar refractivity (Wildman–Crippen MR) is 83.1 cm³/mol. The molecule has 0 saturated carbocycles. The first-order valence-corrected chi connectivity index (χ1v) is 8.50. The van der Waals surface area contributed by atoms with Gasteiger partial charge in [-0.3, -0.25) is 4.79 Å². The molecule has 0 unspecified atom stereocenters. The third kappa shape index (κ3) is 3.15. The van der Waals surface area contributed by atoms with Crippen LogP contribution < -0.4 is 0 Å². The molecule has 0 aliphatic carbocycles. The number of hydrogen-bond donors (Lipinski definition) is 0. The van der Waals surface area contributed by atoms with E-state index in [4.69, 9.17) is 0 Å². The second-order valence-electron chi connectivity index (χ2n) is 4.67. The summed E-state index contributed by atoms with van der Waals surface area (Å²) in [5.74, 6) is 1.73. The van der Waals surface area contributed by atoms with Crippen molar-refractivity contribution in [3.63, 3.8) is 0 Å². The van der Waals surface area contributed by atoms with Gasteiger partial charge in [-0.2, -0.15) is 0 Å². The standard InChI is InChI=1S/C14H16N2OS2/c17-13(16-7-3-4-8-16)10-19-14-15-12-6-2-1-5-11(12)9-18-14/h1-2,5-6H,3-4,7-10H2. The Balaban J connectivity index is 1.59. The molecule has 19 heavy (non-hydrogen) atoms. The second kappa shape index (κ2) is 6.01. The molecule has 0 N–H and O–H groups in total. The Kier molecular flexibility index (Phi) is 4.13. The van der Waals surface area contributed by atoms with E-state index < -0.39 is 0 Å². The highest BCUT2D eigenvalue weighted by atomic mass is 32.2. The van der Waals surface area contributed by atoms with Gasteiger partial charge in [-0.1, -0.05) is 41.7 Å². The Labute approximate surface area is 121 Å². The normalized spacial score (nSPS) is 18.1. The molecule has 1 saturated heterocycles. The molecular weight excluding hydrogens is 276 g/mol. The minimum absolute atomic E-state index is 0.254. The van der Waals surface area contributed by atoms with Gasteiger partial charge in [0, 0.05) is 18.8 Å². The van der Waals surface area contributed by atoms with E-state index in [1.54, 1.807) is 23.5 Å². The summed E-state index contributed by atoms with van der Waals surface area (Å²) in [7, 11) is 0. The smallest absolute Gasteiger partial charge is 0.233 e. The van der Waals surface area contributed by atoms with Gasteiger partial charge in [0.15, 0.2) is 0 Å². The summed E-state index contributed by atoms with van der Waals surface area (Å²) in [5, 5.41) is 0. The number of para-hydroxylation sites is 1. The lowest BCUT2D eigenvalue weighted by Gasteiger charge is -2.17. The van der Waals surface area contributed by atoms with Gasteiger partial charge in [-0.15, -0.1) is 0 Å². The summed E-state index contributed by atoms with van der Waals surface area (Å²) < 4.78 is 1.02. The van der Waals surface area contributed by atoms with Gasteiger partial charge in [0.2, 0.25) is 5.91 Å². The maximum Gasteiger partial charge on any atom is 0.233 e. The summed E-state index contributed by atoms with van der Waals surface area (Å²) in [5.41, 5.74) is 2.33. The summed E-state index contributed by atoms with van der Waals surface area (Å²) in [6.45, 7) is 1.86. The summed E-state index contributed by atoms with van der Waals surface area (Å²) >= 11 is 3.31. The molecule has 1 aromatic rings. The van der Waals surface area contributed by atoms with E-state index in [-0.39, 0.29) is 5.91 Å². The number of benzene rings is 1. The third-order valence-corrected chi connectivity index (χ3v) is 5.56. The van der Waals surface area contributed by atoms with E-state index >= 15 is 0 Å². The molecule has 0 radical (unpaired) electrons. The first-order valence-electron chi connectivity index (χ1n) is 6.53. The number of thioether (sulfide) groups is 2. The SMILES string of the molecule is O=C(CSC1=Nc2ccccc2CS1)N1CCCC1. The number of carbonyl (C=O) groups excluding carboxylic acids is 1. The van der Waals surface area contributed by atoms with Crippen LogP contribution in [0.4, 0.5) is 5.69 Å². The molecule has 2 heterocycles. The molecule has 1 aromatic carbocycles. The minimum Gasteiger partial charge on any atom is -0.342 e. The Bertz CT molecular complexity index is 510. The van der Waals surface area contributed by atoms with Gasteiger partial charge in [0.05, 0.1) is 11.4 Å². The first kappa shape index (κ1) is 13.1. The molecule has 3 rings (SSSR count). The van der Waals surface area contributed by atoms with Crippen LogP contribution in [0.2, 0.25) is 0 Å². The van der Waals surface area contributed by atoms with Gasteiger partial charge in [0.1, 0.15) is 4.38 Å². The van der Waals surface area contributed by atoms with E-state index in [9.17, 15) is 4.79 Å². The van der Waals surface area contributed by atoms with Crippen molar-refractivity contribution >= 4 is 39.5 Å². The monoisotopic (exact) mass is 292 g/mol. The number of rotatable bonds is 2. The minimum atomic E-state index is 0.254. The lowest BCUT2D eigenvalue weighted by Crippen LogP contribution is -2.29. The molecular formula is C14H16N2OS2. The van der Waals surface area contributed by atoms with E-state index in [1.807, 2.05) is 23.1 Å². The number of amides is 1. The molecule has 100 valence electrons. The quantitative estimate of drug-likeness (QED) is 0.838. The van der Waals surface area contributed by atoms with Gasteiger partial charge in [-0.05, 0) is 24.5 Å². The molecule has 0 aromatic heterocycles. The van der Waals surface area contributed by atoms with E-state index in [1.165, 1.54) is 5.56 Å². The number of nitrogens with zero attached hydrogens (tertiary/aromatic N) is 2. The average Bonchev–Trinajstić information content (AvgIpc) is 2.99. The number of aliphatic imine (C=N–C) groups is 1. The maximum atomic E-state index is 12.0. The molecule has 1 amide bonds. The fraction of sp³-hybridized carbons (Fsp3) is 0.429. The Morgan fingerprint density at radius 1 is 1.32 bits per heavy atom. The van der Waals surface area contributed by atoms with Crippen LogP contribution in [0, 0.1) is 0 Å². The lowest BCUT2D eigenvalue weighted by atomic mass is 10.2. The van der Waals surface area contributed by atoms with Crippen LogP contribution in [0.5, 0.6) is 0 Å². The highest BCUT2D eigenvalue weighted by Gasteiger charge is 2.19. The van der Waals surface area contributed by atoms with E-state index in [0.717, 1.165) is 41.7 Å². The molecule has 3 nitrogen and oxygen atoms in total. The van der Waals surface area contributed by atoms with Crippen molar-refractivity contribution < 1.29 is 4.79 Å². The number of carbonyl (C=O) groups is 1. The Morgan fingerprint density at radius 3 is 2.95 bits per heavy atom. The van der Waals surface area contributed by atoms with Gasteiger partial charge < -0.3 is 4.90 Å². The fourth-order valence-electron chi connectivity index (χ4n) is 2.27. The molecule has 2 aliphatic heterocycles. The van der Waals surface area contributed by atoms with Gasteiger partial charge in [-0.25, -0.2) is 4.99 Å². The van der Waals surface area contributed by atoms with Crippen LogP contribution in [0.15, 0.2) is 29.3 Å². The van der Waals surface area contributed by atoms with Crippen LogP contribution in [-0.2, 0) is 10.5 Å². The summed E-state index contributed by atoms with van der Waals surface area (Å²) in [6, 6.07) is 8.21. The molecule has 0 atom stereocenters. The van der Waals surface area contributed by atoms with Crippen molar-refractivity contribution in [2.45, 2.75) is 18.6 Å². The number of fused-ring (bicyclic) bond motifs is 1. The Morgan fingerprint density at radius 2 is 2.11 bits per heavy atom. The molecule has 0 bridgehead atoms. The fourth-order valence-corrected chi connectivity index (χ4v) is 4.23. The van der Waals surface area contributed by atoms with Crippen molar-refractivity contribution in [1.29, 1.82) is 0 Å². The lowest BCUT2D eigenvalue weighted by molar-refractivity contribution is -0.127. The molecule has 1 fully saturated rings. The number of likely N-dealkylation sites (tertiary alicyclic amines) is 1. The third-order valence-electron chi connectivity index (χ3n) is 3.33. The van der Waals surface area contributed by atoms with Crippen LogP contribution in [0.25, 0.3) is 0 Å². The van der Waals surface area contributed by atoms with E-state index in [2.05, 4.69) is 11.1 Å². The maximum absolute atomic E-state index is 12.0. The molecule has 2 aliphatic rings.